The number of anilines is 1. The third kappa shape index (κ3) is 4.09. The minimum absolute atomic E-state index is 0.130. The minimum Gasteiger partial charge on any atom is -0.376 e. The van der Waals surface area contributed by atoms with Crippen LogP contribution in [-0.2, 0) is 16.1 Å². The Morgan fingerprint density at radius 2 is 2.35 bits per heavy atom. The lowest BCUT2D eigenvalue weighted by molar-refractivity contribution is -0.113. The number of ether oxygens (including phenoxy) is 1. The van der Waals surface area contributed by atoms with Gasteiger partial charge >= 0.3 is 0 Å². The highest BCUT2D eigenvalue weighted by Crippen LogP contribution is 2.28. The maximum absolute atomic E-state index is 12.5. The van der Waals surface area contributed by atoms with Crippen molar-refractivity contribution in [2.24, 2.45) is 0 Å². The molecule has 0 aromatic carbocycles. The van der Waals surface area contributed by atoms with E-state index in [1.54, 1.807) is 6.20 Å². The average Bonchev–Trinajstić information content (AvgIpc) is 3.24. The van der Waals surface area contributed by atoms with Gasteiger partial charge in [0.15, 0.2) is 0 Å². The molecule has 1 aliphatic heterocycles. The quantitative estimate of drug-likeness (QED) is 0.789. The molecular weight excluding hydrogens is 348 g/mol. The van der Waals surface area contributed by atoms with Crippen molar-refractivity contribution in [2.45, 2.75) is 44.4 Å². The van der Waals surface area contributed by atoms with Gasteiger partial charge in [-0.05, 0) is 44.4 Å². The summed E-state index contributed by atoms with van der Waals surface area (Å²) in [7, 11) is 0. The Morgan fingerprint density at radius 3 is 3.00 bits per heavy atom. The first-order chi connectivity index (χ1) is 12.6. The summed E-state index contributed by atoms with van der Waals surface area (Å²) >= 11 is 1.37. The van der Waals surface area contributed by atoms with E-state index in [1.807, 2.05) is 36.6 Å². The molecule has 136 valence electrons. The fraction of sp³-hybridized carbons (Fsp3) is 0.421. The van der Waals surface area contributed by atoms with Gasteiger partial charge in [-0.25, -0.2) is 4.98 Å². The molecule has 0 saturated carbocycles. The molecule has 1 amide bonds. The summed E-state index contributed by atoms with van der Waals surface area (Å²) in [5.41, 5.74) is 2.42. The smallest absolute Gasteiger partial charge is 0.235 e. The van der Waals surface area contributed by atoms with Gasteiger partial charge in [-0.15, -0.1) is 0 Å². The number of nitrogens with one attached hydrogen (secondary N) is 1. The van der Waals surface area contributed by atoms with Crippen molar-refractivity contribution in [3.63, 3.8) is 0 Å². The molecule has 1 unspecified atom stereocenters. The van der Waals surface area contributed by atoms with Gasteiger partial charge in [0.05, 0.1) is 29.0 Å². The van der Waals surface area contributed by atoms with Gasteiger partial charge in [0.1, 0.15) is 11.9 Å². The first kappa shape index (κ1) is 18.5. The molecule has 26 heavy (non-hydrogen) atoms. The first-order valence-electron chi connectivity index (χ1n) is 8.65. The van der Waals surface area contributed by atoms with Gasteiger partial charge in [-0.3, -0.25) is 4.79 Å². The van der Waals surface area contributed by atoms with E-state index in [-0.39, 0.29) is 17.8 Å². The number of nitriles is 1. The standard InChI is InChI=1S/C19H22N4O2S/c1-13-14(2)23(11-15-6-5-9-25-15)19(16(13)10-20)22-17(24)12-26-18-7-3-4-8-21-18/h3-4,7-8,15H,5-6,9,11-12H2,1-2H3,(H,22,24). The van der Waals surface area contributed by atoms with Gasteiger partial charge in [0, 0.05) is 18.5 Å². The summed E-state index contributed by atoms with van der Waals surface area (Å²) in [6.07, 6.45) is 3.89. The summed E-state index contributed by atoms with van der Waals surface area (Å²) in [5.74, 6) is 0.665. The zero-order valence-corrected chi connectivity index (χ0v) is 15.8. The number of rotatable bonds is 6. The number of hydrogen-bond acceptors (Lipinski definition) is 5. The lowest BCUT2D eigenvalue weighted by atomic mass is 10.2. The zero-order valence-electron chi connectivity index (χ0n) is 15.0. The average molecular weight is 370 g/mol. The second kappa shape index (κ2) is 8.39. The van der Waals surface area contributed by atoms with Crippen LogP contribution in [-0.4, -0.2) is 33.9 Å². The van der Waals surface area contributed by atoms with E-state index in [0.29, 0.717) is 17.9 Å². The van der Waals surface area contributed by atoms with Crippen LogP contribution in [0.15, 0.2) is 29.4 Å². The van der Waals surface area contributed by atoms with E-state index in [2.05, 4.69) is 16.4 Å². The summed E-state index contributed by atoms with van der Waals surface area (Å²) in [6, 6.07) is 7.83. The molecule has 1 aliphatic rings. The maximum Gasteiger partial charge on any atom is 0.235 e. The number of thioether (sulfide) groups is 1. The van der Waals surface area contributed by atoms with Crippen LogP contribution >= 0.6 is 11.8 Å². The normalized spacial score (nSPS) is 16.4. The fourth-order valence-electron chi connectivity index (χ4n) is 3.09. The second-order valence-corrected chi connectivity index (χ2v) is 7.29. The Kier molecular flexibility index (Phi) is 5.96. The zero-order chi connectivity index (χ0) is 18.5. The van der Waals surface area contributed by atoms with Crippen LogP contribution in [0.3, 0.4) is 0 Å². The van der Waals surface area contributed by atoms with Crippen molar-refractivity contribution < 1.29 is 9.53 Å². The fourth-order valence-corrected chi connectivity index (χ4v) is 3.75. The largest absolute Gasteiger partial charge is 0.376 e. The Morgan fingerprint density at radius 1 is 1.50 bits per heavy atom. The molecule has 0 spiro atoms. The third-order valence-corrected chi connectivity index (χ3v) is 5.54. The van der Waals surface area contributed by atoms with Gasteiger partial charge in [0.2, 0.25) is 5.91 Å². The van der Waals surface area contributed by atoms with Crippen molar-refractivity contribution in [1.82, 2.24) is 9.55 Å². The molecule has 1 N–H and O–H groups in total. The number of nitrogens with zero attached hydrogens (tertiary/aromatic N) is 3. The molecule has 6 nitrogen and oxygen atoms in total. The number of amides is 1. The molecule has 2 aromatic rings. The molecule has 1 atom stereocenters. The number of pyridine rings is 1. The van der Waals surface area contributed by atoms with Crippen molar-refractivity contribution in [3.05, 3.63) is 41.2 Å². The van der Waals surface area contributed by atoms with Gasteiger partial charge in [-0.2, -0.15) is 5.26 Å². The van der Waals surface area contributed by atoms with Gasteiger partial charge in [0.25, 0.3) is 0 Å². The molecule has 1 saturated heterocycles. The molecular formula is C19H22N4O2S. The monoisotopic (exact) mass is 370 g/mol. The van der Waals surface area contributed by atoms with Crippen LogP contribution in [0.2, 0.25) is 0 Å². The molecule has 0 radical (unpaired) electrons. The third-order valence-electron chi connectivity index (χ3n) is 4.60. The number of hydrogen-bond donors (Lipinski definition) is 1. The Balaban J connectivity index is 1.75. The van der Waals surface area contributed by atoms with Crippen molar-refractivity contribution in [3.8, 4) is 6.07 Å². The molecule has 3 heterocycles. The number of carbonyl (C=O) groups is 1. The van der Waals surface area contributed by atoms with E-state index in [9.17, 15) is 10.1 Å². The van der Waals surface area contributed by atoms with Crippen LogP contribution in [0.1, 0.15) is 29.7 Å². The SMILES string of the molecule is Cc1c(C#N)c(NC(=O)CSc2ccccn2)n(CC2CCCO2)c1C. The molecule has 1 fully saturated rings. The topological polar surface area (TPSA) is 79.9 Å². The Bertz CT molecular complexity index is 820. The van der Waals surface area contributed by atoms with E-state index >= 15 is 0 Å². The second-order valence-electron chi connectivity index (χ2n) is 6.30. The maximum atomic E-state index is 12.5. The molecule has 2 aromatic heterocycles. The highest BCUT2D eigenvalue weighted by molar-refractivity contribution is 7.99. The van der Waals surface area contributed by atoms with E-state index in [0.717, 1.165) is 35.7 Å². The summed E-state index contributed by atoms with van der Waals surface area (Å²) in [6.45, 7) is 5.32. The summed E-state index contributed by atoms with van der Waals surface area (Å²) < 4.78 is 7.74. The highest BCUT2D eigenvalue weighted by atomic mass is 32.2. The number of aromatic nitrogens is 2. The van der Waals surface area contributed by atoms with Crippen molar-refractivity contribution >= 4 is 23.5 Å². The van der Waals surface area contributed by atoms with Crippen molar-refractivity contribution in [2.75, 3.05) is 17.7 Å². The lowest BCUT2D eigenvalue weighted by Gasteiger charge is -2.16. The van der Waals surface area contributed by atoms with Gasteiger partial charge in [-0.1, -0.05) is 17.8 Å². The Labute approximate surface area is 157 Å². The molecule has 7 heteroatoms. The number of carbonyl (C=O) groups excluding carboxylic acids is 1. The van der Waals surface area contributed by atoms with Crippen LogP contribution in [0, 0.1) is 25.2 Å². The van der Waals surface area contributed by atoms with Crippen LogP contribution in [0.5, 0.6) is 0 Å². The molecule has 3 rings (SSSR count). The van der Waals surface area contributed by atoms with E-state index < -0.39 is 0 Å². The predicted molar refractivity (Wildman–Crippen MR) is 101 cm³/mol. The Hall–Kier alpha value is -2.30. The van der Waals surface area contributed by atoms with E-state index in [4.69, 9.17) is 4.74 Å². The minimum atomic E-state index is -0.150. The first-order valence-corrected chi connectivity index (χ1v) is 9.63. The highest BCUT2D eigenvalue weighted by Gasteiger charge is 2.23. The summed E-state index contributed by atoms with van der Waals surface area (Å²) in [5, 5.41) is 13.3. The molecule has 0 aliphatic carbocycles. The van der Waals surface area contributed by atoms with Crippen molar-refractivity contribution in [1.29, 1.82) is 5.26 Å². The summed E-state index contributed by atoms with van der Waals surface area (Å²) in [4.78, 5) is 16.7. The molecule has 0 bridgehead atoms. The van der Waals surface area contributed by atoms with Crippen LogP contribution in [0.25, 0.3) is 0 Å². The van der Waals surface area contributed by atoms with Crippen LogP contribution < -0.4 is 5.32 Å². The predicted octanol–water partition coefficient (Wildman–Crippen LogP) is 3.28. The van der Waals surface area contributed by atoms with E-state index in [1.165, 1.54) is 11.8 Å². The lowest BCUT2D eigenvalue weighted by Crippen LogP contribution is -2.22. The van der Waals surface area contributed by atoms with Crippen LogP contribution in [0.4, 0.5) is 5.82 Å². The van der Waals surface area contributed by atoms with Gasteiger partial charge < -0.3 is 14.6 Å².